The molecule has 1 heterocycles. The van der Waals surface area contributed by atoms with E-state index in [2.05, 4.69) is 18.1 Å². The Balaban J connectivity index is 2.45. The van der Waals surface area contributed by atoms with Crippen LogP contribution >= 0.6 is 103 Å². The minimum Gasteiger partial charge on any atom is -0.439 e. The molecule has 1 aliphatic rings. The lowest BCUT2D eigenvalue weighted by Gasteiger charge is -2.19. The lowest BCUT2D eigenvalue weighted by molar-refractivity contribution is 0.544. The van der Waals surface area contributed by atoms with Gasteiger partial charge < -0.3 is 4.52 Å². The van der Waals surface area contributed by atoms with Crippen molar-refractivity contribution in [2.45, 2.75) is 0 Å². The summed E-state index contributed by atoms with van der Waals surface area (Å²) in [5.74, 6) is -10.1. The average Bonchev–Trinajstić information content (AvgIpc) is 2.33. The molecular formula is C8H7Cl7N4OP4. The van der Waals surface area contributed by atoms with Crippen LogP contribution in [0.4, 0.5) is 0 Å². The van der Waals surface area contributed by atoms with Gasteiger partial charge in [-0.3, -0.25) is 0 Å². The van der Waals surface area contributed by atoms with Gasteiger partial charge in [0.1, 0.15) is 0 Å². The molecule has 1 unspecified atom stereocenters. The van der Waals surface area contributed by atoms with E-state index < -0.39 is 24.5 Å². The molecular weight excluding hydrogens is 540 g/mol. The van der Waals surface area contributed by atoms with E-state index in [0.29, 0.717) is 0 Å². The molecule has 0 saturated carbocycles. The quantitative estimate of drug-likeness (QED) is 0.274. The third-order valence-electron chi connectivity index (χ3n) is 2.12. The number of nitrogens with zero attached hydrogens (tertiary/aromatic N) is 4. The molecule has 16 heteroatoms. The zero-order valence-electron chi connectivity index (χ0n) is 11.2. The van der Waals surface area contributed by atoms with Crippen LogP contribution in [0, 0.1) is 0 Å². The molecule has 0 amide bonds. The van der Waals surface area contributed by atoms with E-state index in [-0.39, 0.29) is 0 Å². The van der Waals surface area contributed by atoms with Gasteiger partial charge in [-0.2, -0.15) is 18.1 Å². The van der Waals surface area contributed by atoms with E-state index in [0.717, 1.165) is 5.56 Å². The minimum atomic E-state index is -3.45. The summed E-state index contributed by atoms with van der Waals surface area (Å²) in [6.07, 6.45) is 2.95. The van der Waals surface area contributed by atoms with Crippen molar-refractivity contribution in [3.63, 3.8) is 0 Å². The molecule has 5 nitrogen and oxygen atoms in total. The first-order valence-electron chi connectivity index (χ1n) is 5.73. The highest BCUT2D eigenvalue weighted by atomic mass is 35.9. The van der Waals surface area contributed by atoms with Crippen molar-refractivity contribution in [3.8, 4) is 0 Å². The van der Waals surface area contributed by atoms with Crippen LogP contribution in [-0.2, 0) is 4.52 Å². The van der Waals surface area contributed by atoms with Gasteiger partial charge in [0, 0.05) is 0 Å². The fourth-order valence-electron chi connectivity index (χ4n) is 1.39. The second-order valence-corrected chi connectivity index (χ2v) is 22.1. The highest BCUT2D eigenvalue weighted by Crippen LogP contribution is 2.87. The van der Waals surface area contributed by atoms with Crippen molar-refractivity contribution in [2.24, 2.45) is 18.1 Å². The van der Waals surface area contributed by atoms with Gasteiger partial charge in [0.25, 0.3) is 17.7 Å². The van der Waals surface area contributed by atoms with Crippen molar-refractivity contribution in [1.29, 1.82) is 0 Å². The largest absolute Gasteiger partial charge is 0.439 e. The molecule has 1 aliphatic heterocycles. The SMILES string of the molecule is ClP1(Cl)=NP(Cl)(Cl)=NP(Cl)(O/C=C/c2ccccc2)=NP(Cl)(Cl)=N1. The van der Waals surface area contributed by atoms with E-state index in [1.807, 2.05) is 30.3 Å². The summed E-state index contributed by atoms with van der Waals surface area (Å²) in [5.41, 5.74) is 0.865. The van der Waals surface area contributed by atoms with E-state index in [4.69, 9.17) is 83.2 Å². The van der Waals surface area contributed by atoms with Gasteiger partial charge in [-0.15, -0.1) is 0 Å². The molecule has 1 aromatic carbocycles. The first-order chi connectivity index (χ1) is 10.9. The van der Waals surface area contributed by atoms with Gasteiger partial charge >= 0.3 is 6.78 Å². The maximum Gasteiger partial charge on any atom is 0.350 e. The number of benzene rings is 1. The van der Waals surface area contributed by atoms with E-state index in [9.17, 15) is 0 Å². The van der Waals surface area contributed by atoms with Crippen molar-refractivity contribution in [3.05, 3.63) is 42.2 Å². The van der Waals surface area contributed by atoms with Crippen LogP contribution in [-0.4, -0.2) is 0 Å². The molecule has 134 valence electrons. The Kier molecular flexibility index (Phi) is 7.68. The van der Waals surface area contributed by atoms with Crippen LogP contribution in [0.25, 0.3) is 6.08 Å². The van der Waals surface area contributed by atoms with E-state index in [1.165, 1.54) is 6.26 Å². The Morgan fingerprint density at radius 1 is 0.708 bits per heavy atom. The van der Waals surface area contributed by atoms with Crippen molar-refractivity contribution >= 4 is 109 Å². The van der Waals surface area contributed by atoms with Crippen molar-refractivity contribution < 1.29 is 4.52 Å². The molecule has 2 rings (SSSR count). The molecule has 0 aromatic heterocycles. The van der Waals surface area contributed by atoms with Gasteiger partial charge in [0.15, 0.2) is 0 Å². The molecule has 0 aliphatic carbocycles. The summed E-state index contributed by atoms with van der Waals surface area (Å²) >= 11 is 42.4. The van der Waals surface area contributed by atoms with E-state index >= 15 is 0 Å². The second kappa shape index (κ2) is 8.38. The van der Waals surface area contributed by atoms with Crippen molar-refractivity contribution in [1.82, 2.24) is 0 Å². The Morgan fingerprint density at radius 3 is 1.79 bits per heavy atom. The summed E-state index contributed by atoms with van der Waals surface area (Å²) in [5, 5.41) is 0. The van der Waals surface area contributed by atoms with Crippen LogP contribution in [0.1, 0.15) is 5.56 Å². The van der Waals surface area contributed by atoms with E-state index in [1.54, 1.807) is 6.08 Å². The third-order valence-corrected chi connectivity index (χ3v) is 18.2. The van der Waals surface area contributed by atoms with Gasteiger partial charge in [0.2, 0.25) is 0 Å². The lowest BCUT2D eigenvalue weighted by atomic mass is 10.2. The fourth-order valence-corrected chi connectivity index (χ4v) is 24.0. The van der Waals surface area contributed by atoms with Crippen LogP contribution in [0.15, 0.2) is 54.7 Å². The first-order valence-corrected chi connectivity index (χ1v) is 18.8. The van der Waals surface area contributed by atoms with Gasteiger partial charge in [-0.05, 0) is 90.3 Å². The summed E-state index contributed by atoms with van der Waals surface area (Å²) in [4.78, 5) is 0. The third kappa shape index (κ3) is 7.38. The normalized spacial score (nSPS) is 27.6. The molecule has 0 saturated heterocycles. The van der Waals surface area contributed by atoms with Gasteiger partial charge in [0.05, 0.1) is 6.26 Å². The minimum absolute atomic E-state index is 0.865. The molecule has 0 bridgehead atoms. The molecule has 0 radical (unpaired) electrons. The Hall–Kier alpha value is 1.71. The zero-order valence-corrected chi connectivity index (χ0v) is 20.0. The highest BCUT2D eigenvalue weighted by Gasteiger charge is 2.33. The fraction of sp³-hybridized carbons (Fsp3) is 0. The Labute approximate surface area is 173 Å². The van der Waals surface area contributed by atoms with Crippen LogP contribution < -0.4 is 0 Å². The topological polar surface area (TPSA) is 58.7 Å². The molecule has 1 aromatic rings. The predicted molar refractivity (Wildman–Crippen MR) is 115 cm³/mol. The monoisotopic (exact) mass is 544 g/mol. The smallest absolute Gasteiger partial charge is 0.350 e. The predicted octanol–water partition coefficient (Wildman–Crippen LogP) is 11.1. The van der Waals surface area contributed by atoms with Crippen LogP contribution in [0.2, 0.25) is 0 Å². The highest BCUT2D eigenvalue weighted by molar-refractivity contribution is 8.24. The Bertz CT molecular complexity index is 866. The molecule has 0 N–H and O–H groups in total. The summed E-state index contributed by atoms with van der Waals surface area (Å²) in [6.45, 7) is -3.45. The molecule has 24 heavy (non-hydrogen) atoms. The molecule has 0 fully saturated rings. The molecule has 1 atom stereocenters. The summed E-state index contributed by atoms with van der Waals surface area (Å²) in [7, 11) is 0. The van der Waals surface area contributed by atoms with Crippen LogP contribution in [0.5, 0.6) is 0 Å². The standard InChI is InChI=1S/C8H7Cl7N4OP4/c9-21(10)16-22(11,12)18-24(15,19-23(13,14)17-21)20-7-6-8-4-2-1-3-5-8/h1-7H/b7-6+. The summed E-state index contributed by atoms with van der Waals surface area (Å²) in [6, 6.07) is 9.32. The zero-order chi connectivity index (χ0) is 18.1. The Morgan fingerprint density at radius 2 is 1.21 bits per heavy atom. The number of halogens is 7. The summed E-state index contributed by atoms with van der Waals surface area (Å²) < 4.78 is 21.1. The first kappa shape index (κ1) is 22.0. The van der Waals surface area contributed by atoms with Crippen molar-refractivity contribution in [2.75, 3.05) is 0 Å². The number of hydrogen-bond acceptors (Lipinski definition) is 5. The lowest BCUT2D eigenvalue weighted by Crippen LogP contribution is -1.75. The van der Waals surface area contributed by atoms with Gasteiger partial charge in [-0.1, -0.05) is 30.3 Å². The maximum atomic E-state index is 6.31. The van der Waals surface area contributed by atoms with Gasteiger partial charge in [-0.25, -0.2) is 0 Å². The molecule has 0 spiro atoms. The maximum absolute atomic E-state index is 6.31. The second-order valence-electron chi connectivity index (χ2n) is 4.02. The van der Waals surface area contributed by atoms with Crippen LogP contribution in [0.3, 0.4) is 0 Å². The average molecular weight is 547 g/mol. The number of rotatable bonds is 3. The number of hydrogen-bond donors (Lipinski definition) is 0.